The van der Waals surface area contributed by atoms with E-state index in [1.165, 1.54) is 32.1 Å². The summed E-state index contributed by atoms with van der Waals surface area (Å²) in [6, 6.07) is 8.19. The Balaban J connectivity index is 1.63. The smallest absolute Gasteiger partial charge is 0.223 e. The minimum Gasteiger partial charge on any atom is -0.351 e. The molecule has 3 heterocycles. The molecule has 112 valence electrons. The first kappa shape index (κ1) is 13.2. The number of aromatic nitrogens is 5. The van der Waals surface area contributed by atoms with Crippen molar-refractivity contribution in [2.24, 2.45) is 0 Å². The van der Waals surface area contributed by atoms with Gasteiger partial charge < -0.3 is 5.32 Å². The molecule has 0 bridgehead atoms. The van der Waals surface area contributed by atoms with Crippen LogP contribution < -0.4 is 5.32 Å². The van der Waals surface area contributed by atoms with Gasteiger partial charge in [-0.2, -0.15) is 0 Å². The number of rotatable bonds is 3. The van der Waals surface area contributed by atoms with E-state index in [0.717, 1.165) is 17.2 Å². The molecule has 4 rings (SSSR count). The second kappa shape index (κ2) is 5.71. The molecule has 0 atom stereocenters. The Labute approximate surface area is 128 Å². The topological polar surface area (TPSA) is 68.0 Å². The fourth-order valence-electron chi connectivity index (χ4n) is 3.00. The Hall–Kier alpha value is -2.50. The van der Waals surface area contributed by atoms with E-state index in [9.17, 15) is 0 Å². The Morgan fingerprint density at radius 3 is 2.86 bits per heavy atom. The lowest BCUT2D eigenvalue weighted by Crippen LogP contribution is -2.23. The van der Waals surface area contributed by atoms with Gasteiger partial charge in [0.2, 0.25) is 5.95 Å². The van der Waals surface area contributed by atoms with E-state index in [-0.39, 0.29) is 0 Å². The summed E-state index contributed by atoms with van der Waals surface area (Å²) in [6.45, 7) is 0. The zero-order valence-corrected chi connectivity index (χ0v) is 12.3. The molecule has 3 aromatic rings. The first-order valence-corrected chi connectivity index (χ1v) is 7.80. The minimum absolute atomic E-state index is 0.485. The molecule has 0 aliphatic heterocycles. The largest absolute Gasteiger partial charge is 0.351 e. The van der Waals surface area contributed by atoms with Crippen molar-refractivity contribution in [1.29, 1.82) is 0 Å². The van der Waals surface area contributed by atoms with Crippen LogP contribution in [0.25, 0.3) is 17.2 Å². The van der Waals surface area contributed by atoms with Crippen molar-refractivity contribution in [3.63, 3.8) is 0 Å². The van der Waals surface area contributed by atoms with E-state index in [1.54, 1.807) is 6.20 Å². The van der Waals surface area contributed by atoms with Crippen LogP contribution in [-0.2, 0) is 0 Å². The summed E-state index contributed by atoms with van der Waals surface area (Å²) in [5.74, 6) is 1.42. The molecule has 6 nitrogen and oxygen atoms in total. The summed E-state index contributed by atoms with van der Waals surface area (Å²) in [6.07, 6.45) is 10.0. The molecule has 0 saturated heterocycles. The Kier molecular flexibility index (Phi) is 3.42. The molecule has 1 aliphatic carbocycles. The summed E-state index contributed by atoms with van der Waals surface area (Å²) in [7, 11) is 0. The van der Waals surface area contributed by atoms with Crippen molar-refractivity contribution >= 4 is 11.6 Å². The van der Waals surface area contributed by atoms with Crippen molar-refractivity contribution in [1.82, 2.24) is 24.6 Å². The van der Waals surface area contributed by atoms with Gasteiger partial charge >= 0.3 is 0 Å². The van der Waals surface area contributed by atoms with Crippen LogP contribution in [-0.4, -0.2) is 30.6 Å². The number of hydrogen-bond donors (Lipinski definition) is 1. The zero-order chi connectivity index (χ0) is 14.8. The molecule has 1 N–H and O–H groups in total. The monoisotopic (exact) mass is 294 g/mol. The highest BCUT2D eigenvalue weighted by atomic mass is 15.3. The average Bonchev–Trinajstić information content (AvgIpc) is 3.00. The van der Waals surface area contributed by atoms with E-state index >= 15 is 0 Å². The quantitative estimate of drug-likeness (QED) is 0.804. The van der Waals surface area contributed by atoms with Crippen LogP contribution in [0, 0.1) is 0 Å². The second-order valence-electron chi connectivity index (χ2n) is 5.70. The molecule has 0 radical (unpaired) electrons. The number of hydrogen-bond acceptors (Lipinski definition) is 5. The Morgan fingerprint density at radius 1 is 1.05 bits per heavy atom. The fraction of sp³-hybridized carbons (Fsp3) is 0.375. The summed E-state index contributed by atoms with van der Waals surface area (Å²) in [5.41, 5.74) is 1.60. The van der Waals surface area contributed by atoms with Crippen LogP contribution in [0.5, 0.6) is 0 Å². The highest BCUT2D eigenvalue weighted by Crippen LogP contribution is 2.21. The summed E-state index contributed by atoms with van der Waals surface area (Å²) < 4.78 is 1.94. The minimum atomic E-state index is 0.485. The van der Waals surface area contributed by atoms with Gasteiger partial charge in [-0.1, -0.05) is 25.3 Å². The third kappa shape index (κ3) is 2.52. The van der Waals surface area contributed by atoms with Gasteiger partial charge in [0.15, 0.2) is 11.5 Å². The molecule has 0 unspecified atom stereocenters. The van der Waals surface area contributed by atoms with Crippen LogP contribution >= 0.6 is 0 Å². The average molecular weight is 294 g/mol. The Bertz CT molecular complexity index is 775. The van der Waals surface area contributed by atoms with Gasteiger partial charge in [0, 0.05) is 18.4 Å². The van der Waals surface area contributed by atoms with Crippen molar-refractivity contribution in [3.8, 4) is 11.5 Å². The van der Waals surface area contributed by atoms with Crippen LogP contribution in [0.1, 0.15) is 32.1 Å². The van der Waals surface area contributed by atoms with Crippen LogP contribution in [0.3, 0.4) is 0 Å². The lowest BCUT2D eigenvalue weighted by atomic mass is 9.96. The van der Waals surface area contributed by atoms with Gasteiger partial charge in [-0.3, -0.25) is 4.40 Å². The van der Waals surface area contributed by atoms with E-state index in [4.69, 9.17) is 0 Å². The standard InChI is InChI=1S/C16H18N6/c1-2-6-12(7-3-1)18-16-17-10-9-13(19-16)15-21-20-14-8-4-5-11-22(14)15/h4-5,8-12H,1-3,6-7H2,(H,17,18,19). The van der Waals surface area contributed by atoms with Gasteiger partial charge in [-0.15, -0.1) is 10.2 Å². The third-order valence-electron chi connectivity index (χ3n) is 4.14. The Morgan fingerprint density at radius 2 is 1.95 bits per heavy atom. The number of fused-ring (bicyclic) bond motifs is 1. The molecule has 0 amide bonds. The van der Waals surface area contributed by atoms with E-state index in [2.05, 4.69) is 25.5 Å². The molecule has 6 heteroatoms. The maximum absolute atomic E-state index is 4.61. The van der Waals surface area contributed by atoms with Crippen LogP contribution in [0.4, 0.5) is 5.95 Å². The molecule has 0 aromatic carbocycles. The number of anilines is 1. The van der Waals surface area contributed by atoms with Crippen LogP contribution in [0.15, 0.2) is 36.7 Å². The van der Waals surface area contributed by atoms with E-state index in [0.29, 0.717) is 12.0 Å². The van der Waals surface area contributed by atoms with Crippen molar-refractivity contribution in [2.45, 2.75) is 38.1 Å². The van der Waals surface area contributed by atoms with Gasteiger partial charge in [-0.05, 0) is 31.0 Å². The van der Waals surface area contributed by atoms with Gasteiger partial charge in [0.05, 0.1) is 0 Å². The van der Waals surface area contributed by atoms with Gasteiger partial charge in [0.25, 0.3) is 0 Å². The predicted molar refractivity (Wildman–Crippen MR) is 84.5 cm³/mol. The lowest BCUT2D eigenvalue weighted by molar-refractivity contribution is 0.461. The van der Waals surface area contributed by atoms with Crippen molar-refractivity contribution < 1.29 is 0 Å². The number of pyridine rings is 1. The normalized spacial score (nSPS) is 16.0. The molecule has 1 aliphatic rings. The van der Waals surface area contributed by atoms with Crippen molar-refractivity contribution in [3.05, 3.63) is 36.7 Å². The highest BCUT2D eigenvalue weighted by molar-refractivity contribution is 5.56. The predicted octanol–water partition coefficient (Wildman–Crippen LogP) is 2.93. The van der Waals surface area contributed by atoms with Crippen LogP contribution in [0.2, 0.25) is 0 Å². The van der Waals surface area contributed by atoms with Crippen molar-refractivity contribution in [2.75, 3.05) is 5.32 Å². The molecule has 3 aromatic heterocycles. The summed E-state index contributed by atoms with van der Waals surface area (Å²) >= 11 is 0. The molecule has 0 spiro atoms. The maximum atomic E-state index is 4.61. The zero-order valence-electron chi connectivity index (χ0n) is 12.3. The van der Waals surface area contributed by atoms with Gasteiger partial charge in [-0.25, -0.2) is 9.97 Å². The maximum Gasteiger partial charge on any atom is 0.223 e. The number of nitrogens with zero attached hydrogens (tertiary/aromatic N) is 5. The molecule has 1 saturated carbocycles. The first-order chi connectivity index (χ1) is 10.9. The fourth-order valence-corrected chi connectivity index (χ4v) is 3.00. The molecule has 22 heavy (non-hydrogen) atoms. The lowest BCUT2D eigenvalue weighted by Gasteiger charge is -2.22. The molecular formula is C16H18N6. The third-order valence-corrected chi connectivity index (χ3v) is 4.14. The second-order valence-corrected chi connectivity index (χ2v) is 5.70. The van der Waals surface area contributed by atoms with E-state index in [1.807, 2.05) is 34.9 Å². The summed E-state index contributed by atoms with van der Waals surface area (Å²) in [4.78, 5) is 8.96. The summed E-state index contributed by atoms with van der Waals surface area (Å²) in [5, 5.41) is 11.9. The van der Waals surface area contributed by atoms with Gasteiger partial charge in [0.1, 0.15) is 5.69 Å². The molecular weight excluding hydrogens is 276 g/mol. The molecule has 1 fully saturated rings. The van der Waals surface area contributed by atoms with E-state index < -0.39 is 0 Å². The number of nitrogens with one attached hydrogen (secondary N) is 1. The highest BCUT2D eigenvalue weighted by Gasteiger charge is 2.15. The first-order valence-electron chi connectivity index (χ1n) is 7.80. The SMILES string of the molecule is c1ccn2c(-c3ccnc(NC4CCCCC4)n3)nnc2c1.